The number of hydrogen-bond donors (Lipinski definition) is 2. The SMILES string of the molecule is Cc1cccc(Cc2cnn(C(=O)NC3COc4ccc(C#CC(C)(C)O)cc4N(C)C3=O)c2)n1. The standard InChI is InChI=1S/C26H27N5O4/c1-17-6-5-7-20(28-17)12-19-14-27-31(15-19)25(33)29-21-16-35-23-9-8-18(10-11-26(2,3)34)13-22(23)30(4)24(21)32/h5-9,13-15,21,34H,12,16H2,1-4H3,(H,29,33). The number of carbonyl (C=O) groups is 2. The summed E-state index contributed by atoms with van der Waals surface area (Å²) in [6, 6.07) is 9.52. The maximum Gasteiger partial charge on any atom is 0.342 e. The zero-order valence-electron chi connectivity index (χ0n) is 20.1. The fourth-order valence-corrected chi connectivity index (χ4v) is 3.59. The molecule has 1 aromatic carbocycles. The molecule has 2 amide bonds. The number of nitrogens with zero attached hydrogens (tertiary/aromatic N) is 4. The molecule has 1 aliphatic heterocycles. The first-order valence-corrected chi connectivity index (χ1v) is 11.2. The molecule has 0 aliphatic carbocycles. The molecule has 1 aliphatic rings. The van der Waals surface area contributed by atoms with Crippen LogP contribution in [0.25, 0.3) is 0 Å². The number of ether oxygens (including phenoxy) is 1. The van der Waals surface area contributed by atoms with Crippen molar-refractivity contribution in [1.82, 2.24) is 20.1 Å². The molecule has 3 heterocycles. The van der Waals surface area contributed by atoms with Crippen LogP contribution in [0.4, 0.5) is 10.5 Å². The zero-order valence-corrected chi connectivity index (χ0v) is 20.1. The second-order valence-electron chi connectivity index (χ2n) is 8.94. The third kappa shape index (κ3) is 5.86. The van der Waals surface area contributed by atoms with Crippen LogP contribution in [0.5, 0.6) is 5.75 Å². The van der Waals surface area contributed by atoms with Crippen LogP contribution in [0.3, 0.4) is 0 Å². The summed E-state index contributed by atoms with van der Waals surface area (Å²) in [5.41, 5.74) is 2.64. The molecule has 2 aromatic heterocycles. The van der Waals surface area contributed by atoms with Gasteiger partial charge in [-0.15, -0.1) is 0 Å². The van der Waals surface area contributed by atoms with Crippen LogP contribution in [0.1, 0.15) is 36.4 Å². The van der Waals surface area contributed by atoms with Gasteiger partial charge in [0.05, 0.1) is 11.9 Å². The summed E-state index contributed by atoms with van der Waals surface area (Å²) < 4.78 is 6.99. The minimum Gasteiger partial charge on any atom is -0.489 e. The monoisotopic (exact) mass is 473 g/mol. The number of rotatable bonds is 3. The average molecular weight is 474 g/mol. The van der Waals surface area contributed by atoms with Crippen LogP contribution in [-0.4, -0.2) is 57.1 Å². The molecule has 0 saturated carbocycles. The van der Waals surface area contributed by atoms with Gasteiger partial charge in [-0.2, -0.15) is 9.78 Å². The number of anilines is 1. The lowest BCUT2D eigenvalue weighted by Gasteiger charge is -2.20. The molecular weight excluding hydrogens is 446 g/mol. The smallest absolute Gasteiger partial charge is 0.342 e. The van der Waals surface area contributed by atoms with Gasteiger partial charge in [0.2, 0.25) is 0 Å². The van der Waals surface area contributed by atoms with Crippen molar-refractivity contribution >= 4 is 17.6 Å². The summed E-state index contributed by atoms with van der Waals surface area (Å²) >= 11 is 0. The van der Waals surface area contributed by atoms with Crippen molar-refractivity contribution < 1.29 is 19.4 Å². The molecule has 0 saturated heterocycles. The van der Waals surface area contributed by atoms with Gasteiger partial charge in [-0.05, 0) is 56.7 Å². The van der Waals surface area contributed by atoms with Gasteiger partial charge in [-0.3, -0.25) is 9.78 Å². The van der Waals surface area contributed by atoms with Gasteiger partial charge in [-0.25, -0.2) is 4.79 Å². The molecule has 4 rings (SSSR count). The summed E-state index contributed by atoms with van der Waals surface area (Å²) in [6.07, 6.45) is 3.76. The second kappa shape index (κ2) is 9.60. The number of nitrogens with one attached hydrogen (secondary N) is 1. The average Bonchev–Trinajstić information content (AvgIpc) is 3.23. The third-order valence-corrected chi connectivity index (χ3v) is 5.34. The normalized spacial score (nSPS) is 15.4. The number of fused-ring (bicyclic) bond motifs is 1. The number of pyridine rings is 1. The maximum atomic E-state index is 13.1. The van der Waals surface area contributed by atoms with Gasteiger partial charge < -0.3 is 20.1 Å². The number of hydrogen-bond acceptors (Lipinski definition) is 6. The van der Waals surface area contributed by atoms with E-state index in [9.17, 15) is 14.7 Å². The number of aliphatic hydroxyl groups is 1. The molecule has 0 bridgehead atoms. The Balaban J connectivity index is 1.45. The Morgan fingerprint density at radius 1 is 1.31 bits per heavy atom. The maximum absolute atomic E-state index is 13.1. The third-order valence-electron chi connectivity index (χ3n) is 5.34. The van der Waals surface area contributed by atoms with Crippen molar-refractivity contribution in [2.75, 3.05) is 18.6 Å². The van der Waals surface area contributed by atoms with E-state index < -0.39 is 17.7 Å². The Kier molecular flexibility index (Phi) is 6.58. The quantitative estimate of drug-likeness (QED) is 0.565. The van der Waals surface area contributed by atoms with Gasteiger partial charge in [0, 0.05) is 36.6 Å². The first-order chi connectivity index (χ1) is 16.6. The van der Waals surface area contributed by atoms with Gasteiger partial charge in [0.15, 0.2) is 0 Å². The van der Waals surface area contributed by atoms with E-state index in [1.165, 1.54) is 9.58 Å². The molecule has 1 atom stereocenters. The minimum atomic E-state index is -1.14. The molecule has 0 fully saturated rings. The van der Waals surface area contributed by atoms with E-state index in [0.29, 0.717) is 23.4 Å². The van der Waals surface area contributed by atoms with Gasteiger partial charge >= 0.3 is 6.03 Å². The van der Waals surface area contributed by atoms with Crippen molar-refractivity contribution in [2.24, 2.45) is 0 Å². The Morgan fingerprint density at radius 3 is 2.86 bits per heavy atom. The van der Waals surface area contributed by atoms with Crippen LogP contribution in [0.2, 0.25) is 0 Å². The Labute approximate surface area is 203 Å². The molecule has 35 heavy (non-hydrogen) atoms. The molecule has 9 nitrogen and oxygen atoms in total. The highest BCUT2D eigenvalue weighted by Crippen LogP contribution is 2.31. The van der Waals surface area contributed by atoms with E-state index in [1.54, 1.807) is 51.5 Å². The van der Waals surface area contributed by atoms with Crippen molar-refractivity contribution in [2.45, 2.75) is 38.8 Å². The van der Waals surface area contributed by atoms with Crippen molar-refractivity contribution in [3.63, 3.8) is 0 Å². The zero-order chi connectivity index (χ0) is 25.2. The predicted octanol–water partition coefficient (Wildman–Crippen LogP) is 2.28. The second-order valence-corrected chi connectivity index (χ2v) is 8.94. The molecule has 9 heteroatoms. The lowest BCUT2D eigenvalue weighted by molar-refractivity contribution is -0.120. The van der Waals surface area contributed by atoms with E-state index in [4.69, 9.17) is 4.74 Å². The Bertz CT molecular complexity index is 1330. The van der Waals surface area contributed by atoms with E-state index in [2.05, 4.69) is 27.2 Å². The number of carbonyl (C=O) groups excluding carboxylic acids is 2. The largest absolute Gasteiger partial charge is 0.489 e. The Morgan fingerprint density at radius 2 is 2.11 bits per heavy atom. The highest BCUT2D eigenvalue weighted by Gasteiger charge is 2.31. The van der Waals surface area contributed by atoms with Crippen LogP contribution < -0.4 is 15.0 Å². The van der Waals surface area contributed by atoms with Crippen molar-refractivity contribution in [1.29, 1.82) is 0 Å². The van der Waals surface area contributed by atoms with E-state index >= 15 is 0 Å². The molecule has 1 unspecified atom stereocenters. The molecule has 3 aromatic rings. The first kappa shape index (κ1) is 24.0. The van der Waals surface area contributed by atoms with E-state index in [1.807, 2.05) is 25.1 Å². The number of aryl methyl sites for hydroxylation is 1. The number of aromatic nitrogens is 3. The summed E-state index contributed by atoms with van der Waals surface area (Å²) in [7, 11) is 1.61. The highest BCUT2D eigenvalue weighted by atomic mass is 16.5. The van der Waals surface area contributed by atoms with E-state index in [-0.39, 0.29) is 12.5 Å². The minimum absolute atomic E-state index is 0.0298. The molecule has 180 valence electrons. The molecule has 0 spiro atoms. The number of likely N-dealkylation sites (N-methyl/N-ethyl adjacent to an activating group) is 1. The number of benzene rings is 1. The lowest BCUT2D eigenvalue weighted by Crippen LogP contribution is -2.50. The van der Waals surface area contributed by atoms with Crippen molar-refractivity contribution in [3.8, 4) is 17.6 Å². The fourth-order valence-electron chi connectivity index (χ4n) is 3.59. The lowest BCUT2D eigenvalue weighted by atomic mass is 10.1. The highest BCUT2D eigenvalue weighted by molar-refractivity contribution is 6.00. The number of amides is 2. The van der Waals surface area contributed by atoms with Crippen molar-refractivity contribution in [3.05, 3.63) is 71.3 Å². The molecule has 0 radical (unpaired) electrons. The van der Waals surface area contributed by atoms with Gasteiger partial charge in [0.25, 0.3) is 5.91 Å². The van der Waals surface area contributed by atoms with Crippen LogP contribution in [-0.2, 0) is 11.2 Å². The summed E-state index contributed by atoms with van der Waals surface area (Å²) in [4.78, 5) is 31.8. The van der Waals surface area contributed by atoms with Gasteiger partial charge in [0.1, 0.15) is 24.0 Å². The summed E-state index contributed by atoms with van der Waals surface area (Å²) in [5, 5.41) is 16.7. The summed E-state index contributed by atoms with van der Waals surface area (Å²) in [6.45, 7) is 5.08. The van der Waals surface area contributed by atoms with Crippen LogP contribution >= 0.6 is 0 Å². The van der Waals surface area contributed by atoms with Gasteiger partial charge in [-0.1, -0.05) is 17.9 Å². The molecular formula is C26H27N5O4. The first-order valence-electron chi connectivity index (χ1n) is 11.2. The van der Waals surface area contributed by atoms with E-state index in [0.717, 1.165) is 17.0 Å². The summed E-state index contributed by atoms with van der Waals surface area (Å²) in [5.74, 6) is 5.82. The topological polar surface area (TPSA) is 110 Å². The van der Waals surface area contributed by atoms with Crippen LogP contribution in [0, 0.1) is 18.8 Å². The molecule has 2 N–H and O–H groups in total. The predicted molar refractivity (Wildman–Crippen MR) is 130 cm³/mol. The Hall–Kier alpha value is -4.16. The van der Waals surface area contributed by atoms with Crippen LogP contribution in [0.15, 0.2) is 48.8 Å². The fraction of sp³-hybridized carbons (Fsp3) is 0.308.